The van der Waals surface area contributed by atoms with Crippen molar-refractivity contribution in [1.29, 1.82) is 0 Å². The van der Waals surface area contributed by atoms with E-state index in [9.17, 15) is 4.79 Å². The minimum Gasteiger partial charge on any atom is -0.484 e. The molecule has 0 heterocycles. The summed E-state index contributed by atoms with van der Waals surface area (Å²) >= 11 is 3.35. The van der Waals surface area contributed by atoms with Crippen molar-refractivity contribution in [2.45, 2.75) is 13.5 Å². The van der Waals surface area contributed by atoms with Gasteiger partial charge in [-0.3, -0.25) is 4.79 Å². The molecule has 0 bridgehead atoms. The van der Waals surface area contributed by atoms with E-state index in [1.165, 1.54) is 5.56 Å². The Balaban J connectivity index is 1.78. The van der Waals surface area contributed by atoms with Gasteiger partial charge in [0.1, 0.15) is 5.75 Å². The van der Waals surface area contributed by atoms with E-state index in [2.05, 4.69) is 21.2 Å². The lowest BCUT2D eigenvalue weighted by atomic mass is 10.1. The van der Waals surface area contributed by atoms with Crippen LogP contribution in [0.4, 0.5) is 0 Å². The summed E-state index contributed by atoms with van der Waals surface area (Å²) in [5.74, 6) is 0.551. The highest BCUT2D eigenvalue weighted by molar-refractivity contribution is 9.10. The number of halogens is 1. The second-order valence-electron chi connectivity index (χ2n) is 4.45. The van der Waals surface area contributed by atoms with Crippen LogP contribution < -0.4 is 10.1 Å². The first-order valence-electron chi connectivity index (χ1n) is 6.35. The van der Waals surface area contributed by atoms with E-state index in [-0.39, 0.29) is 12.5 Å². The minimum absolute atomic E-state index is 0.0213. The normalized spacial score (nSPS) is 10.1. The predicted octanol–water partition coefficient (Wildman–Crippen LogP) is 3.45. The lowest BCUT2D eigenvalue weighted by Crippen LogP contribution is -2.28. The van der Waals surface area contributed by atoms with Gasteiger partial charge in [0.2, 0.25) is 0 Å². The summed E-state index contributed by atoms with van der Waals surface area (Å²) in [7, 11) is 0. The van der Waals surface area contributed by atoms with E-state index < -0.39 is 0 Å². The van der Waals surface area contributed by atoms with Gasteiger partial charge in [-0.25, -0.2) is 0 Å². The summed E-state index contributed by atoms with van der Waals surface area (Å²) in [4.78, 5) is 11.7. The number of ether oxygens (including phenoxy) is 1. The summed E-state index contributed by atoms with van der Waals surface area (Å²) in [6.45, 7) is 2.57. The highest BCUT2D eigenvalue weighted by Gasteiger charge is 2.04. The third-order valence-corrected chi connectivity index (χ3v) is 3.45. The van der Waals surface area contributed by atoms with Crippen molar-refractivity contribution in [2.24, 2.45) is 0 Å². The van der Waals surface area contributed by atoms with Crippen molar-refractivity contribution in [1.82, 2.24) is 5.32 Å². The van der Waals surface area contributed by atoms with Gasteiger partial charge in [-0.1, -0.05) is 40.2 Å². The summed E-state index contributed by atoms with van der Waals surface area (Å²) in [5, 5.41) is 2.85. The second-order valence-corrected chi connectivity index (χ2v) is 5.36. The van der Waals surface area contributed by atoms with E-state index in [4.69, 9.17) is 4.74 Å². The minimum atomic E-state index is -0.129. The molecular weight excluding hydrogens is 318 g/mol. The highest BCUT2D eigenvalue weighted by Crippen LogP contribution is 2.15. The van der Waals surface area contributed by atoms with Crippen LogP contribution in [0.3, 0.4) is 0 Å². The molecule has 104 valence electrons. The second kappa shape index (κ2) is 7.10. The molecule has 0 aromatic heterocycles. The molecule has 2 aromatic carbocycles. The molecule has 0 aliphatic carbocycles. The van der Waals surface area contributed by atoms with Crippen LogP contribution in [-0.4, -0.2) is 12.5 Å². The fourth-order valence-electron chi connectivity index (χ4n) is 1.73. The van der Waals surface area contributed by atoms with Crippen LogP contribution in [0.25, 0.3) is 0 Å². The van der Waals surface area contributed by atoms with E-state index in [1.54, 1.807) is 0 Å². The molecule has 0 aliphatic heterocycles. The number of carbonyl (C=O) groups is 1. The Bertz CT molecular complexity index is 581. The number of rotatable bonds is 5. The molecule has 2 rings (SSSR count). The Morgan fingerprint density at radius 3 is 2.55 bits per heavy atom. The zero-order valence-electron chi connectivity index (χ0n) is 11.2. The quantitative estimate of drug-likeness (QED) is 0.910. The van der Waals surface area contributed by atoms with Gasteiger partial charge in [0.25, 0.3) is 5.91 Å². The Labute approximate surface area is 127 Å². The molecule has 0 unspecified atom stereocenters. The largest absolute Gasteiger partial charge is 0.484 e. The average Bonchev–Trinajstić information content (AvgIpc) is 2.46. The molecule has 0 atom stereocenters. The Hall–Kier alpha value is -1.81. The molecular formula is C16H16BrNO2. The average molecular weight is 334 g/mol. The lowest BCUT2D eigenvalue weighted by Gasteiger charge is -2.09. The van der Waals surface area contributed by atoms with Gasteiger partial charge in [-0.05, 0) is 42.3 Å². The molecule has 0 aliphatic rings. The number of hydrogen-bond acceptors (Lipinski definition) is 2. The number of carbonyl (C=O) groups excluding carboxylic acids is 1. The number of aryl methyl sites for hydroxylation is 1. The molecule has 3 nitrogen and oxygen atoms in total. The van der Waals surface area contributed by atoms with Crippen molar-refractivity contribution in [3.8, 4) is 5.75 Å². The smallest absolute Gasteiger partial charge is 0.258 e. The van der Waals surface area contributed by atoms with Gasteiger partial charge in [0, 0.05) is 11.0 Å². The SMILES string of the molecule is Cc1ccccc1CNC(=O)COc1ccc(Br)cc1. The van der Waals surface area contributed by atoms with Crippen LogP contribution in [-0.2, 0) is 11.3 Å². The van der Waals surface area contributed by atoms with Crippen LogP contribution in [0.15, 0.2) is 53.0 Å². The summed E-state index contributed by atoms with van der Waals surface area (Å²) < 4.78 is 6.39. The number of nitrogens with one attached hydrogen (secondary N) is 1. The van der Waals surface area contributed by atoms with Crippen LogP contribution in [0.5, 0.6) is 5.75 Å². The zero-order valence-corrected chi connectivity index (χ0v) is 12.8. The summed E-state index contributed by atoms with van der Waals surface area (Å²) in [6, 6.07) is 15.4. The third kappa shape index (κ3) is 4.38. The molecule has 1 N–H and O–H groups in total. The predicted molar refractivity (Wildman–Crippen MR) is 82.7 cm³/mol. The van der Waals surface area contributed by atoms with Gasteiger partial charge >= 0.3 is 0 Å². The molecule has 2 aromatic rings. The standard InChI is InChI=1S/C16H16BrNO2/c1-12-4-2-3-5-13(12)10-18-16(19)11-20-15-8-6-14(17)7-9-15/h2-9H,10-11H2,1H3,(H,18,19). The Kier molecular flexibility index (Phi) is 5.18. The van der Waals surface area contributed by atoms with Crippen LogP contribution in [0.2, 0.25) is 0 Å². The van der Waals surface area contributed by atoms with Crippen molar-refractivity contribution >= 4 is 21.8 Å². The van der Waals surface area contributed by atoms with Crippen molar-refractivity contribution in [3.05, 3.63) is 64.1 Å². The monoisotopic (exact) mass is 333 g/mol. The summed E-state index contributed by atoms with van der Waals surface area (Å²) in [5.41, 5.74) is 2.28. The maximum absolute atomic E-state index is 11.7. The van der Waals surface area contributed by atoms with Gasteiger partial charge < -0.3 is 10.1 Å². The van der Waals surface area contributed by atoms with E-state index in [0.29, 0.717) is 12.3 Å². The van der Waals surface area contributed by atoms with Crippen molar-refractivity contribution in [3.63, 3.8) is 0 Å². The van der Waals surface area contributed by atoms with E-state index in [1.807, 2.05) is 55.5 Å². The Morgan fingerprint density at radius 2 is 1.85 bits per heavy atom. The zero-order chi connectivity index (χ0) is 14.4. The first-order chi connectivity index (χ1) is 9.65. The molecule has 20 heavy (non-hydrogen) atoms. The lowest BCUT2D eigenvalue weighted by molar-refractivity contribution is -0.123. The van der Waals surface area contributed by atoms with Gasteiger partial charge in [0.15, 0.2) is 6.61 Å². The summed E-state index contributed by atoms with van der Waals surface area (Å²) in [6.07, 6.45) is 0. The van der Waals surface area contributed by atoms with Crippen molar-refractivity contribution in [2.75, 3.05) is 6.61 Å². The first-order valence-corrected chi connectivity index (χ1v) is 7.14. The van der Waals surface area contributed by atoms with Gasteiger partial charge in [-0.15, -0.1) is 0 Å². The van der Waals surface area contributed by atoms with Crippen LogP contribution in [0, 0.1) is 6.92 Å². The van der Waals surface area contributed by atoms with Crippen LogP contribution in [0.1, 0.15) is 11.1 Å². The molecule has 1 amide bonds. The molecule has 4 heteroatoms. The fraction of sp³-hybridized carbons (Fsp3) is 0.188. The maximum atomic E-state index is 11.7. The number of hydrogen-bond donors (Lipinski definition) is 1. The highest BCUT2D eigenvalue weighted by atomic mass is 79.9. The number of benzene rings is 2. The molecule has 0 saturated carbocycles. The van der Waals surface area contributed by atoms with E-state index in [0.717, 1.165) is 10.0 Å². The van der Waals surface area contributed by atoms with Gasteiger partial charge in [-0.2, -0.15) is 0 Å². The maximum Gasteiger partial charge on any atom is 0.258 e. The van der Waals surface area contributed by atoms with Crippen LogP contribution >= 0.6 is 15.9 Å². The molecule has 0 radical (unpaired) electrons. The first kappa shape index (κ1) is 14.6. The number of amides is 1. The van der Waals surface area contributed by atoms with E-state index >= 15 is 0 Å². The fourth-order valence-corrected chi connectivity index (χ4v) is 2.00. The topological polar surface area (TPSA) is 38.3 Å². The molecule has 0 fully saturated rings. The Morgan fingerprint density at radius 1 is 1.15 bits per heavy atom. The molecule has 0 saturated heterocycles. The van der Waals surface area contributed by atoms with Crippen molar-refractivity contribution < 1.29 is 9.53 Å². The third-order valence-electron chi connectivity index (χ3n) is 2.92. The van der Waals surface area contributed by atoms with Gasteiger partial charge in [0.05, 0.1) is 0 Å². The molecule has 0 spiro atoms.